The number of hydrogen-bond donors (Lipinski definition) is 1. The number of nitro groups is 1. The molecule has 1 heterocycles. The van der Waals surface area contributed by atoms with Gasteiger partial charge in [-0.05, 0) is 37.7 Å². The van der Waals surface area contributed by atoms with Crippen molar-refractivity contribution in [3.63, 3.8) is 0 Å². The molecule has 7 heteroatoms. The van der Waals surface area contributed by atoms with Crippen molar-refractivity contribution in [2.24, 2.45) is 0 Å². The quantitative estimate of drug-likeness (QED) is 0.475. The average Bonchev–Trinajstić information content (AvgIpc) is 3.07. The second kappa shape index (κ2) is 8.37. The Labute approximate surface area is 144 Å². The zero-order chi connectivity index (χ0) is 17.5. The first-order valence-electron chi connectivity index (χ1n) is 7.38. The van der Waals surface area contributed by atoms with Crippen LogP contribution < -0.4 is 5.32 Å². The molecule has 0 radical (unpaired) electrons. The molecule has 0 saturated heterocycles. The van der Waals surface area contributed by atoms with E-state index in [9.17, 15) is 14.9 Å². The number of benzene rings is 1. The molecule has 24 heavy (non-hydrogen) atoms. The standard InChI is InChI=1S/C17H19N3O3S/c1-19(2)15(16-8-5-11-24-16)12-18-17(21)10-9-13-6-3-4-7-14(13)20(22)23/h3-11,15H,12H2,1-2H3,(H,18,21)/b10-9+. The Hall–Kier alpha value is -2.51. The van der Waals surface area contributed by atoms with Crippen molar-refractivity contribution in [3.8, 4) is 0 Å². The van der Waals surface area contributed by atoms with E-state index in [0.29, 0.717) is 12.1 Å². The van der Waals surface area contributed by atoms with Gasteiger partial charge in [0, 0.05) is 23.6 Å². The highest BCUT2D eigenvalue weighted by molar-refractivity contribution is 7.10. The van der Waals surface area contributed by atoms with Crippen LogP contribution in [0.5, 0.6) is 0 Å². The molecule has 2 aromatic rings. The van der Waals surface area contributed by atoms with Crippen LogP contribution in [-0.4, -0.2) is 36.4 Å². The van der Waals surface area contributed by atoms with Gasteiger partial charge in [-0.1, -0.05) is 18.2 Å². The van der Waals surface area contributed by atoms with Gasteiger partial charge in [0.2, 0.25) is 5.91 Å². The molecule has 1 N–H and O–H groups in total. The number of nitrogens with zero attached hydrogens (tertiary/aromatic N) is 2. The van der Waals surface area contributed by atoms with E-state index in [2.05, 4.69) is 5.32 Å². The molecule has 2 rings (SSSR count). The number of nitro benzene ring substituents is 1. The minimum atomic E-state index is -0.462. The summed E-state index contributed by atoms with van der Waals surface area (Å²) in [5.74, 6) is -0.281. The second-order valence-electron chi connectivity index (χ2n) is 5.39. The molecule has 0 aliphatic carbocycles. The van der Waals surface area contributed by atoms with Crippen molar-refractivity contribution in [1.82, 2.24) is 10.2 Å². The van der Waals surface area contributed by atoms with Crippen molar-refractivity contribution in [1.29, 1.82) is 0 Å². The highest BCUT2D eigenvalue weighted by Crippen LogP contribution is 2.22. The number of thiophene rings is 1. The van der Waals surface area contributed by atoms with Gasteiger partial charge < -0.3 is 10.2 Å². The lowest BCUT2D eigenvalue weighted by atomic mass is 10.1. The Morgan fingerprint density at radius 3 is 2.71 bits per heavy atom. The highest BCUT2D eigenvalue weighted by Gasteiger charge is 2.15. The molecule has 1 aromatic heterocycles. The Balaban J connectivity index is 1.99. The summed E-state index contributed by atoms with van der Waals surface area (Å²) >= 11 is 1.64. The van der Waals surface area contributed by atoms with Gasteiger partial charge in [0.15, 0.2) is 0 Å². The Morgan fingerprint density at radius 2 is 2.08 bits per heavy atom. The van der Waals surface area contributed by atoms with Crippen LogP contribution in [0.15, 0.2) is 47.9 Å². The van der Waals surface area contributed by atoms with E-state index in [1.807, 2.05) is 36.5 Å². The lowest BCUT2D eigenvalue weighted by molar-refractivity contribution is -0.385. The average molecular weight is 345 g/mol. The molecular formula is C17H19N3O3S. The first kappa shape index (κ1) is 17.8. The van der Waals surface area contributed by atoms with Gasteiger partial charge in [-0.2, -0.15) is 0 Å². The number of carbonyl (C=O) groups is 1. The number of rotatable bonds is 7. The molecule has 0 aliphatic rings. The lowest BCUT2D eigenvalue weighted by Crippen LogP contribution is -2.33. The smallest absolute Gasteiger partial charge is 0.276 e. The first-order chi connectivity index (χ1) is 11.5. The minimum Gasteiger partial charge on any atom is -0.351 e. The highest BCUT2D eigenvalue weighted by atomic mass is 32.1. The summed E-state index contributed by atoms with van der Waals surface area (Å²) in [4.78, 5) is 25.7. The number of amides is 1. The van der Waals surface area contributed by atoms with Crippen LogP contribution in [-0.2, 0) is 4.79 Å². The van der Waals surface area contributed by atoms with E-state index in [1.54, 1.807) is 29.5 Å². The van der Waals surface area contributed by atoms with Gasteiger partial charge in [0.25, 0.3) is 5.69 Å². The van der Waals surface area contributed by atoms with Crippen molar-refractivity contribution in [2.45, 2.75) is 6.04 Å². The maximum absolute atomic E-state index is 12.0. The minimum absolute atomic E-state index is 0.0219. The van der Waals surface area contributed by atoms with Gasteiger partial charge >= 0.3 is 0 Å². The third-order valence-corrected chi connectivity index (χ3v) is 4.49. The van der Waals surface area contributed by atoms with Gasteiger partial charge in [0.1, 0.15) is 0 Å². The summed E-state index contributed by atoms with van der Waals surface area (Å²) < 4.78 is 0. The summed E-state index contributed by atoms with van der Waals surface area (Å²) in [5.41, 5.74) is 0.381. The molecule has 1 atom stereocenters. The predicted octanol–water partition coefficient (Wildman–Crippen LogP) is 3.09. The SMILES string of the molecule is CN(C)C(CNC(=O)/C=C/c1ccccc1[N+](=O)[O-])c1cccs1. The van der Waals surface area contributed by atoms with Crippen LogP contribution in [0, 0.1) is 10.1 Å². The maximum Gasteiger partial charge on any atom is 0.276 e. The Morgan fingerprint density at radius 1 is 1.33 bits per heavy atom. The van der Waals surface area contributed by atoms with Crippen molar-refractivity contribution in [3.05, 3.63) is 68.4 Å². The molecule has 0 aliphatic heterocycles. The van der Waals surface area contributed by atoms with E-state index >= 15 is 0 Å². The fraction of sp³-hybridized carbons (Fsp3) is 0.235. The molecule has 6 nitrogen and oxygen atoms in total. The van der Waals surface area contributed by atoms with Crippen molar-refractivity contribution < 1.29 is 9.72 Å². The molecule has 1 unspecified atom stereocenters. The van der Waals surface area contributed by atoms with E-state index in [1.165, 1.54) is 23.1 Å². The first-order valence-corrected chi connectivity index (χ1v) is 8.26. The maximum atomic E-state index is 12.0. The summed E-state index contributed by atoms with van der Waals surface area (Å²) in [5, 5.41) is 15.8. The zero-order valence-corrected chi connectivity index (χ0v) is 14.3. The molecule has 0 fully saturated rings. The molecule has 0 spiro atoms. The van der Waals surface area contributed by atoms with Crippen LogP contribution in [0.4, 0.5) is 5.69 Å². The van der Waals surface area contributed by atoms with E-state index < -0.39 is 4.92 Å². The molecular weight excluding hydrogens is 326 g/mol. The van der Waals surface area contributed by atoms with E-state index in [4.69, 9.17) is 0 Å². The van der Waals surface area contributed by atoms with Crippen LogP contribution in [0.1, 0.15) is 16.5 Å². The van der Waals surface area contributed by atoms with E-state index in [0.717, 1.165) is 0 Å². The van der Waals surface area contributed by atoms with Crippen molar-refractivity contribution in [2.75, 3.05) is 20.6 Å². The van der Waals surface area contributed by atoms with Crippen LogP contribution in [0.3, 0.4) is 0 Å². The molecule has 0 saturated carbocycles. The van der Waals surface area contributed by atoms with Gasteiger partial charge in [-0.3, -0.25) is 14.9 Å². The van der Waals surface area contributed by atoms with Crippen LogP contribution in [0.2, 0.25) is 0 Å². The summed E-state index contributed by atoms with van der Waals surface area (Å²) in [6, 6.07) is 10.4. The summed E-state index contributed by atoms with van der Waals surface area (Å²) in [6.07, 6.45) is 2.78. The fourth-order valence-electron chi connectivity index (χ4n) is 2.23. The number of likely N-dealkylation sites (N-methyl/N-ethyl adjacent to an activating group) is 1. The largest absolute Gasteiger partial charge is 0.351 e. The van der Waals surface area contributed by atoms with Gasteiger partial charge in [-0.25, -0.2) is 0 Å². The molecule has 126 valence electrons. The second-order valence-corrected chi connectivity index (χ2v) is 6.37. The fourth-order valence-corrected chi connectivity index (χ4v) is 3.16. The predicted molar refractivity (Wildman–Crippen MR) is 95.9 cm³/mol. The number of carbonyl (C=O) groups excluding carboxylic acids is 1. The molecule has 1 amide bonds. The van der Waals surface area contributed by atoms with E-state index in [-0.39, 0.29) is 17.6 Å². The van der Waals surface area contributed by atoms with Crippen LogP contribution >= 0.6 is 11.3 Å². The van der Waals surface area contributed by atoms with Gasteiger partial charge in [0.05, 0.1) is 16.5 Å². The van der Waals surface area contributed by atoms with Gasteiger partial charge in [-0.15, -0.1) is 11.3 Å². The normalized spacial score (nSPS) is 12.5. The summed E-state index contributed by atoms with van der Waals surface area (Å²) in [6.45, 7) is 0.466. The number of nitrogens with one attached hydrogen (secondary N) is 1. The lowest BCUT2D eigenvalue weighted by Gasteiger charge is -2.23. The zero-order valence-electron chi connectivity index (χ0n) is 13.5. The Bertz CT molecular complexity index is 726. The monoisotopic (exact) mass is 345 g/mol. The topological polar surface area (TPSA) is 75.5 Å². The molecule has 0 bridgehead atoms. The summed E-state index contributed by atoms with van der Waals surface area (Å²) in [7, 11) is 3.92. The van der Waals surface area contributed by atoms with Crippen molar-refractivity contribution >= 4 is 29.0 Å². The number of hydrogen-bond acceptors (Lipinski definition) is 5. The molecule has 1 aromatic carbocycles. The number of para-hydroxylation sites is 1. The third kappa shape index (κ3) is 4.74. The van der Waals surface area contributed by atoms with Crippen LogP contribution in [0.25, 0.3) is 6.08 Å². The third-order valence-electron chi connectivity index (χ3n) is 3.51. The Kier molecular flexibility index (Phi) is 6.22.